The van der Waals surface area contributed by atoms with Crippen LogP contribution >= 0.6 is 11.3 Å². The van der Waals surface area contributed by atoms with Crippen molar-refractivity contribution in [2.24, 2.45) is 0 Å². The lowest BCUT2D eigenvalue weighted by Crippen LogP contribution is -2.00. The maximum Gasteiger partial charge on any atom is 0.169 e. The molecule has 0 spiro atoms. The predicted molar refractivity (Wildman–Crippen MR) is 78.4 cm³/mol. The normalized spacial score (nSPS) is 10.8. The van der Waals surface area contributed by atoms with E-state index >= 15 is 0 Å². The van der Waals surface area contributed by atoms with Crippen molar-refractivity contribution in [3.05, 3.63) is 58.9 Å². The summed E-state index contributed by atoms with van der Waals surface area (Å²) in [7, 11) is 0. The van der Waals surface area contributed by atoms with Crippen LogP contribution in [-0.2, 0) is 6.54 Å². The summed E-state index contributed by atoms with van der Waals surface area (Å²) in [6, 6.07) is 10.4. The highest BCUT2D eigenvalue weighted by molar-refractivity contribution is 7.15. The Bertz CT molecular complexity index is 663. The Kier molecular flexibility index (Phi) is 3.17. The molecule has 0 amide bonds. The third-order valence-electron chi connectivity index (χ3n) is 3.13. The molecule has 0 aliphatic rings. The third kappa shape index (κ3) is 2.44. The first-order chi connectivity index (χ1) is 9.24. The lowest BCUT2D eigenvalue weighted by molar-refractivity contribution is 0.806. The lowest BCUT2D eigenvalue weighted by Gasteiger charge is -2.05. The van der Waals surface area contributed by atoms with Gasteiger partial charge in [0.15, 0.2) is 10.8 Å². The summed E-state index contributed by atoms with van der Waals surface area (Å²) >= 11 is 1.70. The van der Waals surface area contributed by atoms with Crippen molar-refractivity contribution in [3.8, 4) is 10.8 Å². The van der Waals surface area contributed by atoms with Gasteiger partial charge < -0.3 is 4.57 Å². The molecule has 0 saturated carbocycles. The van der Waals surface area contributed by atoms with E-state index in [9.17, 15) is 0 Å². The molecule has 2 aromatic heterocycles. The fraction of sp³-hybridized carbons (Fsp3) is 0.200. The number of benzene rings is 1. The Morgan fingerprint density at radius 1 is 1.16 bits per heavy atom. The molecule has 0 N–H and O–H groups in total. The molecule has 0 atom stereocenters. The molecule has 3 aromatic rings. The van der Waals surface area contributed by atoms with Crippen molar-refractivity contribution < 1.29 is 0 Å². The van der Waals surface area contributed by atoms with Crippen LogP contribution in [0.25, 0.3) is 10.8 Å². The van der Waals surface area contributed by atoms with Crippen LogP contribution in [0.1, 0.15) is 16.1 Å². The van der Waals surface area contributed by atoms with Crippen LogP contribution in [0.5, 0.6) is 0 Å². The standard InChI is InChI=1S/C15H15N3S/c1-11-12(2)19-15(17-11)14-16-8-9-18(14)10-13-6-4-3-5-7-13/h3-9H,10H2,1-2H3. The highest BCUT2D eigenvalue weighted by Crippen LogP contribution is 2.26. The van der Waals surface area contributed by atoms with Gasteiger partial charge in [-0.1, -0.05) is 30.3 Å². The monoisotopic (exact) mass is 269 g/mol. The van der Waals surface area contributed by atoms with E-state index in [0.717, 1.165) is 23.1 Å². The summed E-state index contributed by atoms with van der Waals surface area (Å²) in [5.74, 6) is 0.949. The van der Waals surface area contributed by atoms with Crippen LogP contribution in [0, 0.1) is 13.8 Å². The molecule has 3 rings (SSSR count). The number of thiazole rings is 1. The van der Waals surface area contributed by atoms with Crippen LogP contribution in [0.3, 0.4) is 0 Å². The van der Waals surface area contributed by atoms with Crippen molar-refractivity contribution in [3.63, 3.8) is 0 Å². The van der Waals surface area contributed by atoms with E-state index in [1.54, 1.807) is 11.3 Å². The van der Waals surface area contributed by atoms with Crippen molar-refractivity contribution >= 4 is 11.3 Å². The topological polar surface area (TPSA) is 30.7 Å². The second-order valence-electron chi connectivity index (χ2n) is 4.52. The molecule has 4 heteroatoms. The van der Waals surface area contributed by atoms with Gasteiger partial charge in [-0.3, -0.25) is 0 Å². The summed E-state index contributed by atoms with van der Waals surface area (Å²) in [4.78, 5) is 10.3. The molecule has 1 aromatic carbocycles. The van der Waals surface area contributed by atoms with Crippen molar-refractivity contribution in [2.75, 3.05) is 0 Å². The van der Waals surface area contributed by atoms with E-state index < -0.39 is 0 Å². The second-order valence-corrected chi connectivity index (χ2v) is 5.73. The average molecular weight is 269 g/mol. The van der Waals surface area contributed by atoms with E-state index in [2.05, 4.69) is 45.7 Å². The lowest BCUT2D eigenvalue weighted by atomic mass is 10.2. The summed E-state index contributed by atoms with van der Waals surface area (Å²) in [5, 5.41) is 0.996. The summed E-state index contributed by atoms with van der Waals surface area (Å²) in [6.07, 6.45) is 3.85. The predicted octanol–water partition coefficient (Wildman–Crippen LogP) is 3.67. The molecule has 0 aliphatic carbocycles. The van der Waals surface area contributed by atoms with Crippen molar-refractivity contribution in [1.29, 1.82) is 0 Å². The van der Waals surface area contributed by atoms with E-state index in [0.29, 0.717) is 0 Å². The molecule has 0 aliphatic heterocycles. The smallest absolute Gasteiger partial charge is 0.169 e. The number of imidazole rings is 1. The van der Waals surface area contributed by atoms with Gasteiger partial charge in [-0.2, -0.15) is 0 Å². The summed E-state index contributed by atoms with van der Waals surface area (Å²) in [5.41, 5.74) is 2.36. The first-order valence-electron chi connectivity index (χ1n) is 6.23. The zero-order valence-electron chi connectivity index (χ0n) is 11.0. The minimum atomic E-state index is 0.827. The van der Waals surface area contributed by atoms with Gasteiger partial charge in [0.05, 0.1) is 5.69 Å². The van der Waals surface area contributed by atoms with Gasteiger partial charge in [-0.15, -0.1) is 11.3 Å². The molecule has 96 valence electrons. The number of aryl methyl sites for hydroxylation is 2. The minimum Gasteiger partial charge on any atom is -0.325 e. The maximum absolute atomic E-state index is 4.59. The number of hydrogen-bond acceptors (Lipinski definition) is 3. The largest absolute Gasteiger partial charge is 0.325 e. The van der Waals surface area contributed by atoms with Gasteiger partial charge in [0.2, 0.25) is 0 Å². The fourth-order valence-electron chi connectivity index (χ4n) is 1.98. The molecule has 0 bridgehead atoms. The molecular weight excluding hydrogens is 254 g/mol. The zero-order valence-corrected chi connectivity index (χ0v) is 11.8. The van der Waals surface area contributed by atoms with E-state index in [4.69, 9.17) is 0 Å². The van der Waals surface area contributed by atoms with Gasteiger partial charge in [0.25, 0.3) is 0 Å². The van der Waals surface area contributed by atoms with Crippen molar-refractivity contribution in [1.82, 2.24) is 14.5 Å². The van der Waals surface area contributed by atoms with Gasteiger partial charge in [-0.25, -0.2) is 9.97 Å². The van der Waals surface area contributed by atoms with Gasteiger partial charge in [-0.05, 0) is 19.4 Å². The Hall–Kier alpha value is -1.94. The second kappa shape index (κ2) is 4.97. The quantitative estimate of drug-likeness (QED) is 0.726. The first-order valence-corrected chi connectivity index (χ1v) is 7.05. The van der Waals surface area contributed by atoms with Crippen LogP contribution in [0.2, 0.25) is 0 Å². The number of hydrogen-bond donors (Lipinski definition) is 0. The zero-order chi connectivity index (χ0) is 13.2. The Morgan fingerprint density at radius 3 is 2.63 bits per heavy atom. The fourth-order valence-corrected chi connectivity index (χ4v) is 2.91. The SMILES string of the molecule is Cc1nc(-c2nccn2Cc2ccccc2)sc1C. The van der Waals surface area contributed by atoms with Crippen LogP contribution < -0.4 is 0 Å². The molecular formula is C15H15N3S. The molecule has 0 fully saturated rings. The molecule has 2 heterocycles. The highest BCUT2D eigenvalue weighted by atomic mass is 32.1. The molecule has 0 saturated heterocycles. The molecule has 3 nitrogen and oxygen atoms in total. The molecule has 19 heavy (non-hydrogen) atoms. The average Bonchev–Trinajstić information content (AvgIpc) is 2.99. The summed E-state index contributed by atoms with van der Waals surface area (Å²) < 4.78 is 2.15. The number of rotatable bonds is 3. The third-order valence-corrected chi connectivity index (χ3v) is 4.20. The first kappa shape index (κ1) is 12.1. The Morgan fingerprint density at radius 2 is 1.95 bits per heavy atom. The van der Waals surface area contributed by atoms with E-state index in [1.165, 1.54) is 10.4 Å². The number of nitrogens with zero attached hydrogens (tertiary/aromatic N) is 3. The highest BCUT2D eigenvalue weighted by Gasteiger charge is 2.12. The van der Waals surface area contributed by atoms with Gasteiger partial charge in [0.1, 0.15) is 0 Å². The van der Waals surface area contributed by atoms with Crippen LogP contribution in [0.4, 0.5) is 0 Å². The summed E-state index contributed by atoms with van der Waals surface area (Å²) in [6.45, 7) is 4.97. The van der Waals surface area contributed by atoms with Gasteiger partial charge in [0, 0.05) is 23.8 Å². The molecule has 0 unspecified atom stereocenters. The maximum atomic E-state index is 4.59. The van der Waals surface area contributed by atoms with Crippen LogP contribution in [0.15, 0.2) is 42.7 Å². The van der Waals surface area contributed by atoms with Crippen LogP contribution in [-0.4, -0.2) is 14.5 Å². The number of aromatic nitrogens is 3. The molecule has 0 radical (unpaired) electrons. The Balaban J connectivity index is 1.94. The minimum absolute atomic E-state index is 0.827. The van der Waals surface area contributed by atoms with E-state index in [1.807, 2.05) is 25.4 Å². The van der Waals surface area contributed by atoms with Gasteiger partial charge >= 0.3 is 0 Å². The van der Waals surface area contributed by atoms with Crippen molar-refractivity contribution in [2.45, 2.75) is 20.4 Å². The Labute approximate surface area is 116 Å². The van der Waals surface area contributed by atoms with E-state index in [-0.39, 0.29) is 0 Å².